The number of hydrogen-bond acceptors (Lipinski definition) is 6. The summed E-state index contributed by atoms with van der Waals surface area (Å²) in [5, 5.41) is 17.4. The Bertz CT molecular complexity index is 406. The van der Waals surface area contributed by atoms with Gasteiger partial charge in [0.25, 0.3) is 5.91 Å². The van der Waals surface area contributed by atoms with Crippen molar-refractivity contribution < 1.29 is 14.7 Å². The summed E-state index contributed by atoms with van der Waals surface area (Å²) in [6.45, 7) is -0.0415. The van der Waals surface area contributed by atoms with Crippen molar-refractivity contribution in [1.29, 1.82) is 0 Å². The Morgan fingerprint density at radius 1 is 1.47 bits per heavy atom. The monoisotopic (exact) mass is 259 g/mol. The quantitative estimate of drug-likeness (QED) is 0.666. The van der Waals surface area contributed by atoms with E-state index in [1.54, 1.807) is 14.1 Å². The summed E-state index contributed by atoms with van der Waals surface area (Å²) < 4.78 is 3.60. The van der Waals surface area contributed by atoms with Gasteiger partial charge in [-0.25, -0.2) is 4.79 Å². The molecule has 0 saturated heterocycles. The summed E-state index contributed by atoms with van der Waals surface area (Å²) in [6.07, 6.45) is 0. The van der Waals surface area contributed by atoms with E-state index in [-0.39, 0.29) is 29.9 Å². The highest BCUT2D eigenvalue weighted by atomic mass is 32.1. The van der Waals surface area contributed by atoms with Crippen LogP contribution in [-0.4, -0.2) is 58.8 Å². The summed E-state index contributed by atoms with van der Waals surface area (Å²) >= 11 is 0.914. The molecule has 0 saturated carbocycles. The van der Waals surface area contributed by atoms with Crippen LogP contribution in [0.1, 0.15) is 10.5 Å². The predicted octanol–water partition coefficient (Wildman–Crippen LogP) is -0.646. The van der Waals surface area contributed by atoms with Gasteiger partial charge < -0.3 is 15.3 Å². The van der Waals surface area contributed by atoms with Crippen molar-refractivity contribution in [2.45, 2.75) is 0 Å². The van der Waals surface area contributed by atoms with Gasteiger partial charge in [0.05, 0.1) is 6.61 Å². The van der Waals surface area contributed by atoms with Crippen molar-refractivity contribution in [3.63, 3.8) is 0 Å². The van der Waals surface area contributed by atoms with E-state index in [2.05, 4.69) is 20.2 Å². The third kappa shape index (κ3) is 3.64. The molecule has 0 aromatic carbocycles. The molecule has 0 fully saturated rings. The zero-order valence-corrected chi connectivity index (χ0v) is 10.2. The minimum Gasteiger partial charge on any atom is -0.395 e. The molecule has 0 aliphatic rings. The number of hydrogen-bond donors (Lipinski definition) is 3. The van der Waals surface area contributed by atoms with Crippen molar-refractivity contribution in [3.8, 4) is 0 Å². The zero-order chi connectivity index (χ0) is 12.8. The molecule has 0 bridgehead atoms. The van der Waals surface area contributed by atoms with Gasteiger partial charge in [-0.2, -0.15) is 0 Å². The number of carbonyl (C=O) groups is 2. The van der Waals surface area contributed by atoms with E-state index in [1.165, 1.54) is 4.90 Å². The average Bonchev–Trinajstić information content (AvgIpc) is 2.73. The molecule has 0 atom stereocenters. The SMILES string of the molecule is CN(C)C(=O)Nc1snnc1C(=O)NCCO. The molecule has 1 heterocycles. The molecule has 1 aromatic heterocycles. The van der Waals surface area contributed by atoms with Crippen LogP contribution in [0, 0.1) is 0 Å². The molecule has 8 nitrogen and oxygen atoms in total. The second-order valence-electron chi connectivity index (χ2n) is 3.25. The number of urea groups is 1. The van der Waals surface area contributed by atoms with Crippen molar-refractivity contribution in [1.82, 2.24) is 19.8 Å². The fourth-order valence-electron chi connectivity index (χ4n) is 0.883. The third-order valence-electron chi connectivity index (χ3n) is 1.73. The van der Waals surface area contributed by atoms with Crippen molar-refractivity contribution in [2.75, 3.05) is 32.6 Å². The van der Waals surface area contributed by atoms with Gasteiger partial charge in [-0.15, -0.1) is 5.10 Å². The van der Waals surface area contributed by atoms with E-state index in [4.69, 9.17) is 5.11 Å². The molecule has 1 aromatic rings. The van der Waals surface area contributed by atoms with Gasteiger partial charge >= 0.3 is 6.03 Å². The number of aromatic nitrogens is 2. The van der Waals surface area contributed by atoms with E-state index in [1.807, 2.05) is 0 Å². The highest BCUT2D eigenvalue weighted by Gasteiger charge is 2.18. The van der Waals surface area contributed by atoms with Crippen molar-refractivity contribution in [2.24, 2.45) is 0 Å². The first kappa shape index (κ1) is 13.3. The highest BCUT2D eigenvalue weighted by Crippen LogP contribution is 2.17. The molecule has 0 spiro atoms. The number of nitrogens with zero attached hydrogens (tertiary/aromatic N) is 3. The summed E-state index contributed by atoms with van der Waals surface area (Å²) in [4.78, 5) is 24.3. The first-order valence-electron chi connectivity index (χ1n) is 4.76. The third-order valence-corrected chi connectivity index (χ3v) is 2.37. The summed E-state index contributed by atoms with van der Waals surface area (Å²) in [7, 11) is 3.16. The molecule has 0 unspecified atom stereocenters. The van der Waals surface area contributed by atoms with E-state index < -0.39 is 5.91 Å². The number of rotatable bonds is 4. The van der Waals surface area contributed by atoms with Crippen LogP contribution in [0.3, 0.4) is 0 Å². The summed E-state index contributed by atoms with van der Waals surface area (Å²) in [6, 6.07) is -0.368. The minimum absolute atomic E-state index is 0.0404. The van der Waals surface area contributed by atoms with E-state index in [0.29, 0.717) is 0 Å². The lowest BCUT2D eigenvalue weighted by atomic mass is 10.4. The number of carbonyl (C=O) groups excluding carboxylic acids is 2. The first-order valence-corrected chi connectivity index (χ1v) is 5.53. The largest absolute Gasteiger partial charge is 0.395 e. The summed E-state index contributed by atoms with van der Waals surface area (Å²) in [5.41, 5.74) is 0.0404. The Morgan fingerprint density at radius 3 is 2.76 bits per heavy atom. The van der Waals surface area contributed by atoms with E-state index in [0.717, 1.165) is 11.5 Å². The number of anilines is 1. The Hall–Kier alpha value is -1.74. The maximum atomic E-state index is 11.6. The van der Waals surface area contributed by atoms with Crippen LogP contribution >= 0.6 is 11.5 Å². The Morgan fingerprint density at radius 2 is 2.18 bits per heavy atom. The lowest BCUT2D eigenvalue weighted by Crippen LogP contribution is -2.30. The van der Waals surface area contributed by atoms with Gasteiger partial charge in [0.2, 0.25) is 0 Å². The van der Waals surface area contributed by atoms with Crippen molar-refractivity contribution >= 4 is 28.5 Å². The molecule has 1 rings (SSSR count). The molecule has 3 N–H and O–H groups in total. The maximum Gasteiger partial charge on any atom is 0.322 e. The Kier molecular flexibility index (Phi) is 4.79. The van der Waals surface area contributed by atoms with Gasteiger partial charge in [0, 0.05) is 32.2 Å². The fraction of sp³-hybridized carbons (Fsp3) is 0.500. The molecule has 0 radical (unpaired) electrons. The van der Waals surface area contributed by atoms with Gasteiger partial charge in [0.1, 0.15) is 0 Å². The van der Waals surface area contributed by atoms with Crippen molar-refractivity contribution in [3.05, 3.63) is 5.69 Å². The lowest BCUT2D eigenvalue weighted by Gasteiger charge is -2.10. The molecule has 9 heteroatoms. The maximum absolute atomic E-state index is 11.6. The standard InChI is InChI=1S/C8H13N5O3S/c1-13(2)8(16)10-7-5(11-12-17-7)6(15)9-3-4-14/h14H,3-4H2,1-2H3,(H,9,15)(H,10,16). The van der Waals surface area contributed by atoms with Crippen LogP contribution in [-0.2, 0) is 0 Å². The Labute approximate surface area is 102 Å². The molecule has 3 amide bonds. The normalized spacial score (nSPS) is 9.82. The second-order valence-corrected chi connectivity index (χ2v) is 4.01. The predicted molar refractivity (Wildman–Crippen MR) is 62.0 cm³/mol. The van der Waals surface area contributed by atoms with Crippen LogP contribution < -0.4 is 10.6 Å². The molecule has 94 valence electrons. The van der Waals surface area contributed by atoms with Gasteiger partial charge in [-0.1, -0.05) is 4.49 Å². The van der Waals surface area contributed by atoms with Gasteiger partial charge in [-0.3, -0.25) is 10.1 Å². The number of nitrogens with one attached hydrogen (secondary N) is 2. The number of amides is 3. The average molecular weight is 259 g/mol. The smallest absolute Gasteiger partial charge is 0.322 e. The van der Waals surface area contributed by atoms with Crippen LogP contribution in [0.2, 0.25) is 0 Å². The van der Waals surface area contributed by atoms with Crippen LogP contribution in [0.4, 0.5) is 9.80 Å². The zero-order valence-electron chi connectivity index (χ0n) is 9.43. The van der Waals surface area contributed by atoms with Crippen LogP contribution in [0.15, 0.2) is 0 Å². The molecule has 17 heavy (non-hydrogen) atoms. The summed E-state index contributed by atoms with van der Waals surface area (Å²) in [5.74, 6) is -0.484. The minimum atomic E-state index is -0.484. The topological polar surface area (TPSA) is 107 Å². The van der Waals surface area contributed by atoms with E-state index >= 15 is 0 Å². The number of aliphatic hydroxyl groups excluding tert-OH is 1. The van der Waals surface area contributed by atoms with E-state index in [9.17, 15) is 9.59 Å². The lowest BCUT2D eigenvalue weighted by molar-refractivity contribution is 0.0940. The Balaban J connectivity index is 2.72. The number of aliphatic hydroxyl groups is 1. The highest BCUT2D eigenvalue weighted by molar-refractivity contribution is 7.10. The van der Waals surface area contributed by atoms with Crippen LogP contribution in [0.5, 0.6) is 0 Å². The van der Waals surface area contributed by atoms with Gasteiger partial charge in [0.15, 0.2) is 10.7 Å². The fourth-order valence-corrected chi connectivity index (χ4v) is 1.44. The first-order chi connectivity index (χ1) is 8.06. The molecule has 0 aliphatic carbocycles. The van der Waals surface area contributed by atoms with Gasteiger partial charge in [-0.05, 0) is 0 Å². The van der Waals surface area contributed by atoms with Crippen LogP contribution in [0.25, 0.3) is 0 Å². The molecule has 0 aliphatic heterocycles. The molecular formula is C8H13N5O3S. The molecular weight excluding hydrogens is 246 g/mol. The second kappa shape index (κ2) is 6.11.